The third kappa shape index (κ3) is 9.79. The molecule has 3 nitrogen and oxygen atoms in total. The van der Waals surface area contributed by atoms with E-state index < -0.39 is 6.10 Å². The first-order valence-corrected chi connectivity index (χ1v) is 6.43. The van der Waals surface area contributed by atoms with Gasteiger partial charge in [-0.25, -0.2) is 0 Å². The van der Waals surface area contributed by atoms with Crippen LogP contribution in [0, 0.1) is 63.7 Å². The van der Waals surface area contributed by atoms with Crippen LogP contribution in [-0.2, 0) is 26.6 Å². The second-order valence-electron chi connectivity index (χ2n) is 4.15. The summed E-state index contributed by atoms with van der Waals surface area (Å²) in [6, 6.07) is 0. The Bertz CT molecular complexity index is 228. The van der Waals surface area contributed by atoms with E-state index in [2.05, 4.69) is 0 Å². The molecule has 0 amide bonds. The summed E-state index contributed by atoms with van der Waals surface area (Å²) in [5.41, 5.74) is 0. The Balaban J connectivity index is 0.000000507. The fraction of sp³-hybridized carbons (Fsp3) is 0.312. The third-order valence-electron chi connectivity index (χ3n) is 2.48. The van der Waals surface area contributed by atoms with Crippen LogP contribution in [-0.4, -0.2) is 23.8 Å². The maximum atomic E-state index is 10.8. The Labute approximate surface area is 134 Å². The molecule has 0 saturated heterocycles. The number of esters is 1. The van der Waals surface area contributed by atoms with Crippen LogP contribution in [0.4, 0.5) is 0 Å². The molecule has 108 valence electrons. The van der Waals surface area contributed by atoms with Crippen molar-refractivity contribution in [1.29, 1.82) is 0 Å². The van der Waals surface area contributed by atoms with Crippen molar-refractivity contribution in [3.8, 4) is 0 Å². The Morgan fingerprint density at radius 3 is 2.05 bits per heavy atom. The average molecular weight is 316 g/mol. The minimum Gasteiger partial charge on any atom is -0.463 e. The average Bonchev–Trinajstić information content (AvgIpc) is 3.11. The Morgan fingerprint density at radius 1 is 1.10 bits per heavy atom. The van der Waals surface area contributed by atoms with E-state index in [0.717, 1.165) is 5.92 Å². The Morgan fingerprint density at radius 2 is 1.60 bits per heavy atom. The van der Waals surface area contributed by atoms with Gasteiger partial charge in [0, 0.05) is 6.42 Å². The SMILES string of the molecule is CCC(=O)OC[C@H](O)C[C]1[CH][CH][CH][CH]1.[CH]1[CH][CH][CH][CH]1.[Fe+2]. The smallest absolute Gasteiger partial charge is 0.463 e. The van der Waals surface area contributed by atoms with Crippen molar-refractivity contribution >= 4 is 5.97 Å². The van der Waals surface area contributed by atoms with Crippen LogP contribution >= 0.6 is 0 Å². The normalized spacial score (nSPS) is 19.7. The first kappa shape index (κ1) is 19.9. The van der Waals surface area contributed by atoms with Gasteiger partial charge < -0.3 is 9.84 Å². The second kappa shape index (κ2) is 12.7. The van der Waals surface area contributed by atoms with Gasteiger partial charge in [-0.1, -0.05) is 6.92 Å². The van der Waals surface area contributed by atoms with E-state index >= 15 is 0 Å². The van der Waals surface area contributed by atoms with Gasteiger partial charge in [-0.15, -0.1) is 0 Å². The minimum absolute atomic E-state index is 0. The summed E-state index contributed by atoms with van der Waals surface area (Å²) in [6.45, 7) is 1.81. The first-order valence-electron chi connectivity index (χ1n) is 6.43. The zero-order valence-corrected chi connectivity index (χ0v) is 12.6. The molecule has 10 radical (unpaired) electrons. The molecule has 0 heterocycles. The van der Waals surface area contributed by atoms with Crippen LogP contribution < -0.4 is 0 Å². The predicted molar refractivity (Wildman–Crippen MR) is 73.8 cm³/mol. The van der Waals surface area contributed by atoms with Crippen molar-refractivity contribution < 1.29 is 31.7 Å². The molecule has 0 spiro atoms. The van der Waals surface area contributed by atoms with Crippen molar-refractivity contribution in [3.05, 3.63) is 63.7 Å². The first-order chi connectivity index (χ1) is 9.22. The number of carbonyl (C=O) groups excluding carboxylic acids is 1. The number of ether oxygens (including phenoxy) is 1. The van der Waals surface area contributed by atoms with Gasteiger partial charge in [0.2, 0.25) is 0 Å². The molecule has 2 aliphatic carbocycles. The summed E-state index contributed by atoms with van der Waals surface area (Å²) < 4.78 is 4.81. The standard InChI is InChI=1S/C11H15O3.C5H5.Fe/c1-2-11(13)14-8-10(12)7-9-5-3-4-6-9;1-2-4-5-3-1;/h3-6,10,12H,2,7-8H2,1H3;1-5H;/q;;+2/t10-;;/m1../s1. The molecule has 0 aromatic rings. The van der Waals surface area contributed by atoms with Crippen molar-refractivity contribution in [2.24, 2.45) is 0 Å². The fourth-order valence-corrected chi connectivity index (χ4v) is 1.49. The van der Waals surface area contributed by atoms with Gasteiger partial charge in [-0.2, -0.15) is 0 Å². The van der Waals surface area contributed by atoms with Crippen molar-refractivity contribution in [2.45, 2.75) is 25.9 Å². The van der Waals surface area contributed by atoms with Crippen molar-refractivity contribution in [1.82, 2.24) is 0 Å². The maximum absolute atomic E-state index is 10.8. The van der Waals surface area contributed by atoms with E-state index in [9.17, 15) is 9.90 Å². The van der Waals surface area contributed by atoms with Crippen molar-refractivity contribution in [2.75, 3.05) is 6.61 Å². The van der Waals surface area contributed by atoms with Crippen LogP contribution in [0.3, 0.4) is 0 Å². The summed E-state index contributed by atoms with van der Waals surface area (Å²) in [4.78, 5) is 10.8. The predicted octanol–water partition coefficient (Wildman–Crippen LogP) is 2.11. The molecule has 0 bridgehead atoms. The van der Waals surface area contributed by atoms with Crippen LogP contribution in [0.25, 0.3) is 0 Å². The van der Waals surface area contributed by atoms with E-state index in [-0.39, 0.29) is 29.6 Å². The van der Waals surface area contributed by atoms with Gasteiger partial charge in [0.15, 0.2) is 0 Å². The minimum atomic E-state index is -0.604. The fourth-order valence-electron chi connectivity index (χ4n) is 1.49. The number of carbonyl (C=O) groups is 1. The summed E-state index contributed by atoms with van der Waals surface area (Å²) >= 11 is 0. The summed E-state index contributed by atoms with van der Waals surface area (Å²) in [7, 11) is 0. The third-order valence-corrected chi connectivity index (χ3v) is 2.48. The molecule has 2 rings (SSSR count). The molecule has 0 aliphatic heterocycles. The Hall–Kier alpha value is -0.0505. The van der Waals surface area contributed by atoms with Crippen LogP contribution in [0.2, 0.25) is 0 Å². The van der Waals surface area contributed by atoms with Crippen LogP contribution in [0.15, 0.2) is 0 Å². The summed E-state index contributed by atoms with van der Waals surface area (Å²) in [6.07, 6.45) is 18.0. The van der Waals surface area contributed by atoms with E-state index in [1.807, 2.05) is 57.8 Å². The molecule has 1 N–H and O–H groups in total. The topological polar surface area (TPSA) is 46.5 Å². The van der Waals surface area contributed by atoms with E-state index in [4.69, 9.17) is 4.74 Å². The van der Waals surface area contributed by atoms with Gasteiger partial charge in [0.1, 0.15) is 6.61 Å². The molecule has 20 heavy (non-hydrogen) atoms. The molecule has 0 aromatic carbocycles. The van der Waals surface area contributed by atoms with Gasteiger partial charge in [0.05, 0.1) is 6.10 Å². The Kier molecular flexibility index (Phi) is 12.6. The number of rotatable bonds is 5. The number of hydrogen-bond donors (Lipinski definition) is 1. The molecule has 0 unspecified atom stereocenters. The zero-order chi connectivity index (χ0) is 13.9. The number of aliphatic hydroxyl groups excluding tert-OH is 1. The van der Waals surface area contributed by atoms with E-state index in [1.165, 1.54) is 0 Å². The quantitative estimate of drug-likeness (QED) is 0.624. The molecule has 2 saturated carbocycles. The monoisotopic (exact) mass is 316 g/mol. The second-order valence-corrected chi connectivity index (χ2v) is 4.15. The molecule has 2 aliphatic rings. The van der Waals surface area contributed by atoms with Crippen LogP contribution in [0.5, 0.6) is 0 Å². The van der Waals surface area contributed by atoms with Crippen molar-refractivity contribution in [3.63, 3.8) is 0 Å². The molecular formula is C16H20FeO3+2. The van der Waals surface area contributed by atoms with Gasteiger partial charge >= 0.3 is 23.0 Å². The van der Waals surface area contributed by atoms with Gasteiger partial charge in [-0.05, 0) is 70.1 Å². The molecule has 4 heteroatoms. The van der Waals surface area contributed by atoms with Crippen LogP contribution in [0.1, 0.15) is 19.8 Å². The number of hydrogen-bond acceptors (Lipinski definition) is 3. The molecule has 0 aromatic heterocycles. The molecular weight excluding hydrogens is 296 g/mol. The van der Waals surface area contributed by atoms with Gasteiger partial charge in [-0.3, -0.25) is 4.79 Å². The van der Waals surface area contributed by atoms with Gasteiger partial charge in [0.25, 0.3) is 0 Å². The summed E-state index contributed by atoms with van der Waals surface area (Å²) in [5, 5.41) is 9.49. The molecule has 1 atom stereocenters. The number of aliphatic hydroxyl groups is 1. The van der Waals surface area contributed by atoms with E-state index in [0.29, 0.717) is 12.8 Å². The van der Waals surface area contributed by atoms with E-state index in [1.54, 1.807) is 6.92 Å². The summed E-state index contributed by atoms with van der Waals surface area (Å²) in [5.74, 6) is 0.789. The zero-order valence-electron chi connectivity index (χ0n) is 11.5. The maximum Gasteiger partial charge on any atom is 2.00 e. The molecule has 2 fully saturated rings. The largest absolute Gasteiger partial charge is 2.00 e.